The Hall–Kier alpha value is -2.07. The fourth-order valence-electron chi connectivity index (χ4n) is 2.69. The minimum Gasteiger partial charge on any atom is -0.494 e. The lowest BCUT2D eigenvalue weighted by atomic mass is 10.1. The number of methoxy groups -OCH3 is 1. The molecule has 1 aliphatic carbocycles. The van der Waals surface area contributed by atoms with Gasteiger partial charge in [0.2, 0.25) is 0 Å². The molecule has 2 aromatic rings. The Kier molecular flexibility index (Phi) is 3.80. The Labute approximate surface area is 122 Å². The third-order valence-electron chi connectivity index (χ3n) is 3.81. The fraction of sp³-hybridized carbons (Fsp3) is 0.294. The molecule has 0 saturated carbocycles. The summed E-state index contributed by atoms with van der Waals surface area (Å²) in [7, 11) is 1.44. The topological polar surface area (TPSA) is 38.7 Å². The smallest absolute Gasteiger partial charge is 0.165 e. The van der Waals surface area contributed by atoms with E-state index < -0.39 is 11.9 Å². The summed E-state index contributed by atoms with van der Waals surface area (Å²) in [5.41, 5.74) is 2.73. The Morgan fingerprint density at radius 3 is 2.86 bits per heavy atom. The lowest BCUT2D eigenvalue weighted by Crippen LogP contribution is -2.00. The van der Waals surface area contributed by atoms with Gasteiger partial charge in [-0.2, -0.15) is 0 Å². The van der Waals surface area contributed by atoms with Crippen molar-refractivity contribution in [2.24, 2.45) is 0 Å². The first-order valence-corrected chi connectivity index (χ1v) is 6.94. The minimum atomic E-state index is -0.401. The van der Waals surface area contributed by atoms with Gasteiger partial charge in [0.15, 0.2) is 11.6 Å². The van der Waals surface area contributed by atoms with Crippen LogP contribution in [-0.2, 0) is 13.0 Å². The predicted molar refractivity (Wildman–Crippen MR) is 77.0 cm³/mol. The molecule has 1 unspecified atom stereocenters. The maximum absolute atomic E-state index is 13.6. The zero-order valence-corrected chi connectivity index (χ0v) is 11.8. The van der Waals surface area contributed by atoms with E-state index in [-0.39, 0.29) is 12.4 Å². The summed E-state index contributed by atoms with van der Waals surface area (Å²) >= 11 is 0. The van der Waals surface area contributed by atoms with Gasteiger partial charge >= 0.3 is 0 Å². The highest BCUT2D eigenvalue weighted by Crippen LogP contribution is 2.37. The number of fused-ring (bicyclic) bond motifs is 1. The van der Waals surface area contributed by atoms with Gasteiger partial charge in [-0.1, -0.05) is 18.2 Å². The molecule has 0 aromatic heterocycles. The quantitative estimate of drug-likeness (QED) is 0.937. The van der Waals surface area contributed by atoms with Crippen LogP contribution in [0.15, 0.2) is 36.4 Å². The molecule has 21 heavy (non-hydrogen) atoms. The molecule has 2 aromatic carbocycles. The van der Waals surface area contributed by atoms with Gasteiger partial charge in [-0.3, -0.25) is 0 Å². The summed E-state index contributed by atoms with van der Waals surface area (Å²) in [5.74, 6) is 0.593. The molecule has 0 fully saturated rings. The molecule has 0 bridgehead atoms. The van der Waals surface area contributed by atoms with Crippen molar-refractivity contribution >= 4 is 0 Å². The van der Waals surface area contributed by atoms with E-state index in [2.05, 4.69) is 0 Å². The van der Waals surface area contributed by atoms with Crippen molar-refractivity contribution in [3.63, 3.8) is 0 Å². The van der Waals surface area contributed by atoms with Crippen LogP contribution in [0.5, 0.6) is 11.5 Å². The maximum atomic E-state index is 13.6. The molecular formula is C17H17FO3. The van der Waals surface area contributed by atoms with E-state index in [4.69, 9.17) is 9.47 Å². The monoisotopic (exact) mass is 288 g/mol. The first-order chi connectivity index (χ1) is 10.2. The molecule has 0 aliphatic heterocycles. The molecule has 0 heterocycles. The van der Waals surface area contributed by atoms with Crippen molar-refractivity contribution in [2.75, 3.05) is 7.11 Å². The molecule has 3 rings (SSSR count). The number of ether oxygens (including phenoxy) is 2. The molecule has 0 saturated heterocycles. The van der Waals surface area contributed by atoms with Crippen LogP contribution >= 0.6 is 0 Å². The summed E-state index contributed by atoms with van der Waals surface area (Å²) in [6, 6.07) is 10.5. The Morgan fingerprint density at radius 2 is 2.10 bits per heavy atom. The van der Waals surface area contributed by atoms with E-state index in [0.29, 0.717) is 0 Å². The first kappa shape index (κ1) is 13.9. The van der Waals surface area contributed by atoms with Crippen LogP contribution < -0.4 is 9.47 Å². The van der Waals surface area contributed by atoms with Crippen LogP contribution in [0, 0.1) is 5.82 Å². The molecular weight excluding hydrogens is 271 g/mol. The second-order valence-electron chi connectivity index (χ2n) is 5.14. The average Bonchev–Trinajstić information content (AvgIpc) is 2.87. The van der Waals surface area contributed by atoms with Crippen LogP contribution in [0.4, 0.5) is 4.39 Å². The normalized spacial score (nSPS) is 16.6. The molecule has 0 amide bonds. The number of aliphatic hydroxyl groups is 1. The highest BCUT2D eigenvalue weighted by Gasteiger charge is 2.23. The van der Waals surface area contributed by atoms with Gasteiger partial charge in [-0.05, 0) is 42.2 Å². The van der Waals surface area contributed by atoms with Gasteiger partial charge in [-0.15, -0.1) is 0 Å². The number of benzene rings is 2. The lowest BCUT2D eigenvalue weighted by molar-refractivity contribution is 0.180. The molecule has 0 spiro atoms. The van der Waals surface area contributed by atoms with Gasteiger partial charge < -0.3 is 14.6 Å². The Morgan fingerprint density at radius 1 is 1.24 bits per heavy atom. The van der Waals surface area contributed by atoms with Crippen LogP contribution in [0.2, 0.25) is 0 Å². The van der Waals surface area contributed by atoms with Gasteiger partial charge in [-0.25, -0.2) is 4.39 Å². The second kappa shape index (κ2) is 5.74. The van der Waals surface area contributed by atoms with E-state index in [1.807, 2.05) is 18.2 Å². The number of rotatable bonds is 4. The zero-order chi connectivity index (χ0) is 14.8. The van der Waals surface area contributed by atoms with Crippen molar-refractivity contribution in [1.82, 2.24) is 0 Å². The third-order valence-corrected chi connectivity index (χ3v) is 3.81. The van der Waals surface area contributed by atoms with Gasteiger partial charge in [0.25, 0.3) is 0 Å². The summed E-state index contributed by atoms with van der Waals surface area (Å²) < 4.78 is 24.3. The van der Waals surface area contributed by atoms with Crippen molar-refractivity contribution in [1.29, 1.82) is 0 Å². The van der Waals surface area contributed by atoms with E-state index in [9.17, 15) is 9.50 Å². The van der Waals surface area contributed by atoms with Crippen LogP contribution in [0.3, 0.4) is 0 Å². The molecule has 1 N–H and O–H groups in total. The maximum Gasteiger partial charge on any atom is 0.165 e. The number of halogens is 1. The van der Waals surface area contributed by atoms with Crippen molar-refractivity contribution in [2.45, 2.75) is 25.6 Å². The lowest BCUT2D eigenvalue weighted by Gasteiger charge is -2.12. The van der Waals surface area contributed by atoms with E-state index in [1.54, 1.807) is 12.1 Å². The zero-order valence-electron chi connectivity index (χ0n) is 11.8. The Balaban J connectivity index is 1.75. The average molecular weight is 288 g/mol. The molecule has 1 atom stereocenters. The highest BCUT2D eigenvalue weighted by atomic mass is 19.1. The standard InChI is InChI=1S/C17H17FO3/c1-20-17-8-5-11(9-14(17)18)10-21-16-4-2-3-12-13(16)6-7-15(12)19/h2-5,8-9,15,19H,6-7,10H2,1H3. The summed E-state index contributed by atoms with van der Waals surface area (Å²) in [6.07, 6.45) is 1.14. The number of hydrogen-bond donors (Lipinski definition) is 1. The summed E-state index contributed by atoms with van der Waals surface area (Å²) in [4.78, 5) is 0. The number of aliphatic hydroxyl groups excluding tert-OH is 1. The minimum absolute atomic E-state index is 0.225. The predicted octanol–water partition coefficient (Wildman–Crippen LogP) is 3.39. The van der Waals surface area contributed by atoms with E-state index in [1.165, 1.54) is 13.2 Å². The number of hydrogen-bond acceptors (Lipinski definition) is 3. The molecule has 1 aliphatic rings. The molecule has 3 nitrogen and oxygen atoms in total. The van der Waals surface area contributed by atoms with Crippen molar-refractivity contribution in [3.05, 3.63) is 58.9 Å². The fourth-order valence-corrected chi connectivity index (χ4v) is 2.69. The Bertz CT molecular complexity index is 654. The van der Waals surface area contributed by atoms with Gasteiger partial charge in [0.05, 0.1) is 13.2 Å². The van der Waals surface area contributed by atoms with Crippen molar-refractivity contribution in [3.8, 4) is 11.5 Å². The largest absolute Gasteiger partial charge is 0.494 e. The first-order valence-electron chi connectivity index (χ1n) is 6.94. The molecule has 4 heteroatoms. The third kappa shape index (κ3) is 2.72. The van der Waals surface area contributed by atoms with Gasteiger partial charge in [0.1, 0.15) is 12.4 Å². The summed E-state index contributed by atoms with van der Waals surface area (Å²) in [5, 5.41) is 9.87. The molecule has 0 radical (unpaired) electrons. The van der Waals surface area contributed by atoms with Crippen LogP contribution in [0.25, 0.3) is 0 Å². The highest BCUT2D eigenvalue weighted by molar-refractivity contribution is 5.44. The van der Waals surface area contributed by atoms with E-state index >= 15 is 0 Å². The SMILES string of the molecule is COc1ccc(COc2cccc3c2CCC3O)cc1F. The van der Waals surface area contributed by atoms with Gasteiger partial charge in [0, 0.05) is 5.56 Å². The molecule has 110 valence electrons. The summed E-state index contributed by atoms with van der Waals surface area (Å²) in [6.45, 7) is 0.285. The van der Waals surface area contributed by atoms with E-state index in [0.717, 1.165) is 35.3 Å². The van der Waals surface area contributed by atoms with Crippen LogP contribution in [-0.4, -0.2) is 12.2 Å². The van der Waals surface area contributed by atoms with Crippen LogP contribution in [0.1, 0.15) is 29.2 Å². The van der Waals surface area contributed by atoms with Crippen molar-refractivity contribution < 1.29 is 19.0 Å². The second-order valence-corrected chi connectivity index (χ2v) is 5.14.